The first-order valence-electron chi connectivity index (χ1n) is 11.8. The monoisotopic (exact) mass is 382 g/mol. The van der Waals surface area contributed by atoms with Gasteiger partial charge in [-0.25, -0.2) is 0 Å². The highest BCUT2D eigenvalue weighted by molar-refractivity contribution is 5.92. The predicted molar refractivity (Wildman–Crippen MR) is 125 cm³/mol. The van der Waals surface area contributed by atoms with Gasteiger partial charge in [0.2, 0.25) is 0 Å². The van der Waals surface area contributed by atoms with Crippen LogP contribution in [0.3, 0.4) is 0 Å². The van der Waals surface area contributed by atoms with Crippen molar-refractivity contribution in [3.63, 3.8) is 0 Å². The first kappa shape index (κ1) is 22.8. The molecule has 2 aromatic carbocycles. The molecular formula is C27H42O. The summed E-state index contributed by atoms with van der Waals surface area (Å²) in [5.74, 6) is 0.995. The van der Waals surface area contributed by atoms with Gasteiger partial charge in [-0.3, -0.25) is 0 Å². The third-order valence-electron chi connectivity index (χ3n) is 6.09. The van der Waals surface area contributed by atoms with Crippen LogP contribution in [0.4, 0.5) is 0 Å². The fourth-order valence-electron chi connectivity index (χ4n) is 4.44. The van der Waals surface area contributed by atoms with Crippen molar-refractivity contribution in [2.24, 2.45) is 0 Å². The zero-order valence-electron chi connectivity index (χ0n) is 19.1. The molecule has 0 saturated carbocycles. The highest BCUT2D eigenvalue weighted by Crippen LogP contribution is 2.36. The Morgan fingerprint density at radius 3 is 1.43 bits per heavy atom. The largest absolute Gasteiger partial charge is 0.497 e. The Morgan fingerprint density at radius 2 is 1.00 bits per heavy atom. The second-order valence-electron chi connectivity index (χ2n) is 8.24. The number of methoxy groups -OCH3 is 1. The van der Waals surface area contributed by atoms with Crippen LogP contribution >= 0.6 is 0 Å². The zero-order valence-corrected chi connectivity index (χ0v) is 19.1. The molecule has 0 radical (unpaired) electrons. The van der Waals surface area contributed by atoms with Crippen LogP contribution in [0.5, 0.6) is 5.75 Å². The van der Waals surface area contributed by atoms with Crippen LogP contribution < -0.4 is 4.74 Å². The second-order valence-corrected chi connectivity index (χ2v) is 8.24. The van der Waals surface area contributed by atoms with Crippen LogP contribution in [0.15, 0.2) is 18.2 Å². The van der Waals surface area contributed by atoms with Crippen LogP contribution in [0, 0.1) is 0 Å². The SMILES string of the molecule is CCCCc1c(CCCC)c(CCCC)c2cc(OC)ccc2c1CCCC. The lowest BCUT2D eigenvalue weighted by Crippen LogP contribution is -2.08. The summed E-state index contributed by atoms with van der Waals surface area (Å²) in [7, 11) is 1.79. The molecule has 0 atom stereocenters. The fraction of sp³-hybridized carbons (Fsp3) is 0.630. The summed E-state index contributed by atoms with van der Waals surface area (Å²) in [4.78, 5) is 0. The Bertz CT molecular complexity index is 729. The van der Waals surface area contributed by atoms with Gasteiger partial charge in [-0.2, -0.15) is 0 Å². The molecular weight excluding hydrogens is 340 g/mol. The van der Waals surface area contributed by atoms with Gasteiger partial charge in [-0.15, -0.1) is 0 Å². The van der Waals surface area contributed by atoms with Crippen LogP contribution in [0.25, 0.3) is 10.8 Å². The van der Waals surface area contributed by atoms with Crippen molar-refractivity contribution < 1.29 is 4.74 Å². The van der Waals surface area contributed by atoms with Crippen molar-refractivity contribution in [2.75, 3.05) is 7.11 Å². The lowest BCUT2D eigenvalue weighted by Gasteiger charge is -2.23. The Labute approximate surface area is 173 Å². The predicted octanol–water partition coefficient (Wildman–Crippen LogP) is 8.22. The Morgan fingerprint density at radius 1 is 0.571 bits per heavy atom. The van der Waals surface area contributed by atoms with E-state index in [4.69, 9.17) is 4.74 Å². The van der Waals surface area contributed by atoms with Crippen molar-refractivity contribution in [1.82, 2.24) is 0 Å². The molecule has 0 saturated heterocycles. The van der Waals surface area contributed by atoms with E-state index in [1.165, 1.54) is 87.8 Å². The van der Waals surface area contributed by atoms with E-state index in [9.17, 15) is 0 Å². The molecule has 0 bridgehead atoms. The normalized spacial score (nSPS) is 11.3. The summed E-state index contributed by atoms with van der Waals surface area (Å²) >= 11 is 0. The fourth-order valence-corrected chi connectivity index (χ4v) is 4.44. The number of ether oxygens (including phenoxy) is 1. The van der Waals surface area contributed by atoms with Crippen molar-refractivity contribution in [3.8, 4) is 5.75 Å². The van der Waals surface area contributed by atoms with E-state index in [1.807, 2.05) is 0 Å². The molecule has 0 aliphatic carbocycles. The summed E-state index contributed by atoms with van der Waals surface area (Å²) in [5.41, 5.74) is 6.65. The number of aryl methyl sites for hydroxylation is 2. The smallest absolute Gasteiger partial charge is 0.119 e. The molecule has 156 valence electrons. The van der Waals surface area contributed by atoms with Crippen molar-refractivity contribution in [1.29, 1.82) is 0 Å². The molecule has 1 heteroatoms. The minimum Gasteiger partial charge on any atom is -0.497 e. The quantitative estimate of drug-likeness (QED) is 0.339. The lowest BCUT2D eigenvalue weighted by atomic mass is 9.81. The summed E-state index contributed by atoms with van der Waals surface area (Å²) in [5, 5.41) is 2.96. The summed E-state index contributed by atoms with van der Waals surface area (Å²) < 4.78 is 5.62. The van der Waals surface area contributed by atoms with Crippen molar-refractivity contribution in [3.05, 3.63) is 40.5 Å². The van der Waals surface area contributed by atoms with E-state index >= 15 is 0 Å². The molecule has 2 rings (SSSR count). The third-order valence-corrected chi connectivity index (χ3v) is 6.09. The molecule has 0 spiro atoms. The lowest BCUT2D eigenvalue weighted by molar-refractivity contribution is 0.415. The van der Waals surface area contributed by atoms with Crippen LogP contribution in [0.2, 0.25) is 0 Å². The van der Waals surface area contributed by atoms with Crippen LogP contribution in [-0.2, 0) is 25.7 Å². The summed E-state index contributed by atoms with van der Waals surface area (Å²) in [6, 6.07) is 6.82. The van der Waals surface area contributed by atoms with E-state index in [-0.39, 0.29) is 0 Å². The zero-order chi connectivity index (χ0) is 20.4. The van der Waals surface area contributed by atoms with Gasteiger partial charge in [0.05, 0.1) is 7.11 Å². The first-order valence-corrected chi connectivity index (χ1v) is 11.8. The number of fused-ring (bicyclic) bond motifs is 1. The van der Waals surface area contributed by atoms with Gasteiger partial charge in [0.15, 0.2) is 0 Å². The van der Waals surface area contributed by atoms with E-state index in [1.54, 1.807) is 29.4 Å². The van der Waals surface area contributed by atoms with Gasteiger partial charge in [0.25, 0.3) is 0 Å². The maximum Gasteiger partial charge on any atom is 0.119 e. The maximum atomic E-state index is 5.62. The van der Waals surface area contributed by atoms with Gasteiger partial charge in [0.1, 0.15) is 5.75 Å². The topological polar surface area (TPSA) is 9.23 Å². The first-order chi connectivity index (χ1) is 13.7. The molecule has 0 aliphatic rings. The molecule has 0 fully saturated rings. The number of unbranched alkanes of at least 4 members (excludes halogenated alkanes) is 4. The molecule has 0 amide bonds. The number of hydrogen-bond donors (Lipinski definition) is 0. The molecule has 0 aliphatic heterocycles. The molecule has 0 N–H and O–H groups in total. The average molecular weight is 383 g/mol. The van der Waals surface area contributed by atoms with Gasteiger partial charge in [-0.05, 0) is 96.5 Å². The van der Waals surface area contributed by atoms with Crippen LogP contribution in [-0.4, -0.2) is 7.11 Å². The van der Waals surface area contributed by atoms with Gasteiger partial charge >= 0.3 is 0 Å². The highest BCUT2D eigenvalue weighted by atomic mass is 16.5. The molecule has 28 heavy (non-hydrogen) atoms. The maximum absolute atomic E-state index is 5.62. The highest BCUT2D eigenvalue weighted by Gasteiger charge is 2.19. The van der Waals surface area contributed by atoms with E-state index in [0.29, 0.717) is 0 Å². The Kier molecular flexibility index (Phi) is 9.88. The number of benzene rings is 2. The molecule has 0 heterocycles. The number of hydrogen-bond acceptors (Lipinski definition) is 1. The van der Waals surface area contributed by atoms with E-state index in [0.717, 1.165) is 5.75 Å². The summed E-state index contributed by atoms with van der Waals surface area (Å²) in [6.45, 7) is 9.26. The summed E-state index contributed by atoms with van der Waals surface area (Å²) in [6.07, 6.45) is 15.1. The van der Waals surface area contributed by atoms with E-state index < -0.39 is 0 Å². The van der Waals surface area contributed by atoms with Crippen molar-refractivity contribution >= 4 is 10.8 Å². The molecule has 1 nitrogen and oxygen atoms in total. The minimum atomic E-state index is 0.995. The molecule has 2 aromatic rings. The third kappa shape index (κ3) is 5.52. The van der Waals surface area contributed by atoms with Gasteiger partial charge < -0.3 is 4.74 Å². The van der Waals surface area contributed by atoms with Crippen molar-refractivity contribution in [2.45, 2.75) is 105 Å². The van der Waals surface area contributed by atoms with Crippen LogP contribution in [0.1, 0.15) is 101 Å². The standard InChI is InChI=1S/C27H42O/c1-6-10-14-22-23(15-11-7-2)25(17-13-9-4)27-20-21(28-5)18-19-26(27)24(22)16-12-8-3/h18-20H,6-17H2,1-5H3. The Balaban J connectivity index is 2.78. The van der Waals surface area contributed by atoms with Gasteiger partial charge in [0, 0.05) is 0 Å². The van der Waals surface area contributed by atoms with E-state index in [2.05, 4.69) is 45.9 Å². The molecule has 0 aromatic heterocycles. The Hall–Kier alpha value is -1.50. The average Bonchev–Trinajstić information content (AvgIpc) is 2.73. The van der Waals surface area contributed by atoms with Gasteiger partial charge in [-0.1, -0.05) is 59.4 Å². The number of rotatable bonds is 13. The molecule has 0 unspecified atom stereocenters. The minimum absolute atomic E-state index is 0.995. The second kappa shape index (κ2) is 12.1.